The van der Waals surface area contributed by atoms with E-state index in [0.717, 1.165) is 0 Å². The summed E-state index contributed by atoms with van der Waals surface area (Å²) in [6.07, 6.45) is -5.99. The fourth-order valence-electron chi connectivity index (χ4n) is 1.74. The van der Waals surface area contributed by atoms with Gasteiger partial charge >= 0.3 is 6.36 Å². The third kappa shape index (κ3) is 3.72. The molecule has 1 atom stereocenters. The maximum atomic E-state index is 12.5. The first-order chi connectivity index (χ1) is 8.96. The second kappa shape index (κ2) is 5.32. The Hall–Kier alpha value is -2.01. The molecule has 0 saturated carbocycles. The zero-order chi connectivity index (χ0) is 13.9. The predicted octanol–water partition coefficient (Wildman–Crippen LogP) is 4.02. The first-order valence-electron chi connectivity index (χ1n) is 5.54. The van der Waals surface area contributed by atoms with Gasteiger partial charge in [0.15, 0.2) is 0 Å². The molecule has 2 rings (SSSR count). The fraction of sp³-hybridized carbons (Fsp3) is 0.143. The Labute approximate surface area is 108 Å². The third-order valence-corrected chi connectivity index (χ3v) is 2.55. The lowest BCUT2D eigenvalue weighted by Gasteiger charge is -2.20. The van der Waals surface area contributed by atoms with Crippen LogP contribution in [-0.2, 0) is 4.74 Å². The van der Waals surface area contributed by atoms with Crippen molar-refractivity contribution in [3.8, 4) is 5.75 Å². The fourth-order valence-corrected chi connectivity index (χ4v) is 1.74. The number of hydrogen-bond acceptors (Lipinski definition) is 2. The van der Waals surface area contributed by atoms with Gasteiger partial charge in [-0.1, -0.05) is 42.5 Å². The molecule has 2 aromatic carbocycles. The second-order valence-electron chi connectivity index (χ2n) is 3.95. The van der Waals surface area contributed by atoms with Gasteiger partial charge in [0.1, 0.15) is 11.9 Å². The highest BCUT2D eigenvalue weighted by atomic mass is 19.4. The molecular weight excluding hydrogens is 257 g/mol. The van der Waals surface area contributed by atoms with Crippen LogP contribution in [0.5, 0.6) is 5.75 Å². The van der Waals surface area contributed by atoms with Crippen LogP contribution in [0, 0.1) is 0 Å². The summed E-state index contributed by atoms with van der Waals surface area (Å²) in [5, 5.41) is 9.18. The van der Waals surface area contributed by atoms with Crippen molar-refractivity contribution in [2.45, 2.75) is 12.5 Å². The van der Waals surface area contributed by atoms with Crippen molar-refractivity contribution >= 4 is 0 Å². The van der Waals surface area contributed by atoms with Crippen LogP contribution in [0.4, 0.5) is 13.2 Å². The quantitative estimate of drug-likeness (QED) is 0.911. The molecule has 0 aliphatic carbocycles. The van der Waals surface area contributed by atoms with E-state index >= 15 is 0 Å². The highest BCUT2D eigenvalue weighted by molar-refractivity contribution is 5.33. The molecule has 0 heterocycles. The molecule has 0 aliphatic heterocycles. The third-order valence-electron chi connectivity index (χ3n) is 2.55. The molecule has 0 fully saturated rings. The summed E-state index contributed by atoms with van der Waals surface area (Å²) in [5.41, 5.74) is 0.715. The number of benzene rings is 2. The van der Waals surface area contributed by atoms with E-state index in [1.165, 1.54) is 24.3 Å². The van der Waals surface area contributed by atoms with Gasteiger partial charge in [-0.2, -0.15) is 0 Å². The Balaban J connectivity index is 2.37. The molecule has 100 valence electrons. The van der Waals surface area contributed by atoms with E-state index in [-0.39, 0.29) is 5.75 Å². The molecule has 1 N–H and O–H groups in total. The Kier molecular flexibility index (Phi) is 3.76. The predicted molar refractivity (Wildman–Crippen MR) is 63.5 cm³/mol. The van der Waals surface area contributed by atoms with Gasteiger partial charge in [-0.05, 0) is 23.3 Å². The second-order valence-corrected chi connectivity index (χ2v) is 3.95. The zero-order valence-electron chi connectivity index (χ0n) is 9.76. The van der Waals surface area contributed by atoms with Crippen LogP contribution >= 0.6 is 0 Å². The lowest BCUT2D eigenvalue weighted by molar-refractivity contribution is -0.339. The summed E-state index contributed by atoms with van der Waals surface area (Å²) in [6, 6.07) is 13.6. The monoisotopic (exact) mass is 268 g/mol. The van der Waals surface area contributed by atoms with Crippen molar-refractivity contribution in [2.75, 3.05) is 0 Å². The van der Waals surface area contributed by atoms with Crippen LogP contribution in [0.2, 0.25) is 0 Å². The largest absolute Gasteiger partial charge is 0.523 e. The first kappa shape index (κ1) is 13.4. The number of rotatable bonds is 3. The van der Waals surface area contributed by atoms with Gasteiger partial charge in [0.05, 0.1) is 0 Å². The van der Waals surface area contributed by atoms with Crippen molar-refractivity contribution in [1.82, 2.24) is 0 Å². The highest BCUT2D eigenvalue weighted by Gasteiger charge is 2.34. The minimum absolute atomic E-state index is 0.0115. The van der Waals surface area contributed by atoms with E-state index in [0.29, 0.717) is 11.1 Å². The summed E-state index contributed by atoms with van der Waals surface area (Å²) in [7, 11) is 0. The molecular formula is C14H11F3O2. The summed E-state index contributed by atoms with van der Waals surface area (Å²) in [6.45, 7) is 0. The van der Waals surface area contributed by atoms with Crippen LogP contribution in [0.15, 0.2) is 54.6 Å². The molecule has 19 heavy (non-hydrogen) atoms. The van der Waals surface area contributed by atoms with E-state index < -0.39 is 12.5 Å². The first-order valence-corrected chi connectivity index (χ1v) is 5.54. The minimum atomic E-state index is -4.74. The van der Waals surface area contributed by atoms with Gasteiger partial charge in [-0.25, -0.2) is 0 Å². The molecule has 0 spiro atoms. The van der Waals surface area contributed by atoms with Crippen LogP contribution in [0.25, 0.3) is 0 Å². The van der Waals surface area contributed by atoms with Crippen molar-refractivity contribution in [1.29, 1.82) is 0 Å². The molecule has 0 amide bonds. The number of ether oxygens (including phenoxy) is 1. The molecule has 5 heteroatoms. The number of aromatic hydroxyl groups is 1. The molecule has 2 aromatic rings. The van der Waals surface area contributed by atoms with Gasteiger partial charge in [0.25, 0.3) is 0 Å². The molecule has 0 radical (unpaired) electrons. The summed E-state index contributed by atoms with van der Waals surface area (Å²) < 4.78 is 41.6. The maximum Gasteiger partial charge on any atom is 0.523 e. The minimum Gasteiger partial charge on any atom is -0.508 e. The number of alkyl halides is 3. The average Bonchev–Trinajstić information content (AvgIpc) is 2.37. The van der Waals surface area contributed by atoms with Crippen LogP contribution < -0.4 is 0 Å². The lowest BCUT2D eigenvalue weighted by atomic mass is 10.0. The molecule has 0 aliphatic rings. The zero-order valence-corrected chi connectivity index (χ0v) is 9.76. The Bertz CT molecular complexity index is 521. The van der Waals surface area contributed by atoms with E-state index in [9.17, 15) is 18.3 Å². The number of hydrogen-bond donors (Lipinski definition) is 1. The Morgan fingerprint density at radius 2 is 1.37 bits per heavy atom. The number of phenols is 1. The lowest BCUT2D eigenvalue weighted by Crippen LogP contribution is -2.19. The molecule has 0 saturated heterocycles. The van der Waals surface area contributed by atoms with Gasteiger partial charge in [-0.15, -0.1) is 13.2 Å². The smallest absolute Gasteiger partial charge is 0.508 e. The SMILES string of the molecule is Oc1ccc(C(OC(F)(F)F)c2ccccc2)cc1. The normalized spacial score (nSPS) is 13.2. The average molecular weight is 268 g/mol. The molecule has 0 aromatic heterocycles. The topological polar surface area (TPSA) is 29.5 Å². The highest BCUT2D eigenvalue weighted by Crippen LogP contribution is 2.33. The standard InChI is InChI=1S/C14H11F3O2/c15-14(16,17)19-13(10-4-2-1-3-5-10)11-6-8-12(18)9-7-11/h1-9,13,18H. The number of halogens is 3. The Morgan fingerprint density at radius 3 is 1.89 bits per heavy atom. The van der Waals surface area contributed by atoms with Crippen molar-refractivity contribution in [2.24, 2.45) is 0 Å². The van der Waals surface area contributed by atoms with Gasteiger partial charge in [0.2, 0.25) is 0 Å². The molecule has 0 bridgehead atoms. The summed E-state index contributed by atoms with van der Waals surface area (Å²) in [4.78, 5) is 0. The van der Waals surface area contributed by atoms with Gasteiger partial charge < -0.3 is 5.11 Å². The Morgan fingerprint density at radius 1 is 0.842 bits per heavy atom. The van der Waals surface area contributed by atoms with Crippen molar-refractivity contribution < 1.29 is 23.0 Å². The van der Waals surface area contributed by atoms with Crippen LogP contribution in [0.3, 0.4) is 0 Å². The summed E-state index contributed by atoms with van der Waals surface area (Å²) in [5.74, 6) is -0.0115. The van der Waals surface area contributed by atoms with E-state index in [1.807, 2.05) is 0 Å². The van der Waals surface area contributed by atoms with Gasteiger partial charge in [-0.3, -0.25) is 4.74 Å². The molecule has 2 nitrogen and oxygen atoms in total. The van der Waals surface area contributed by atoms with E-state index in [4.69, 9.17) is 0 Å². The molecule has 1 unspecified atom stereocenters. The van der Waals surface area contributed by atoms with Crippen LogP contribution in [0.1, 0.15) is 17.2 Å². The van der Waals surface area contributed by atoms with Crippen LogP contribution in [-0.4, -0.2) is 11.5 Å². The number of phenolic OH excluding ortho intramolecular Hbond substituents is 1. The summed E-state index contributed by atoms with van der Waals surface area (Å²) >= 11 is 0. The van der Waals surface area contributed by atoms with Crippen molar-refractivity contribution in [3.63, 3.8) is 0 Å². The van der Waals surface area contributed by atoms with Gasteiger partial charge in [0, 0.05) is 0 Å². The van der Waals surface area contributed by atoms with Crippen molar-refractivity contribution in [3.05, 3.63) is 65.7 Å². The van der Waals surface area contributed by atoms with E-state index in [1.54, 1.807) is 30.3 Å². The van der Waals surface area contributed by atoms with E-state index in [2.05, 4.69) is 4.74 Å². The maximum absolute atomic E-state index is 12.5.